The minimum atomic E-state index is -0.636. The van der Waals surface area contributed by atoms with E-state index in [0.29, 0.717) is 12.5 Å². The largest absolute Gasteiger partial charge is 0.396 e. The summed E-state index contributed by atoms with van der Waals surface area (Å²) in [4.78, 5) is 0. The van der Waals surface area contributed by atoms with Crippen LogP contribution in [0.5, 0.6) is 0 Å². The second-order valence-electron chi connectivity index (χ2n) is 5.01. The molecule has 0 aliphatic carbocycles. The lowest BCUT2D eigenvalue weighted by Gasteiger charge is -2.26. The Morgan fingerprint density at radius 3 is 2.29 bits per heavy atom. The van der Waals surface area contributed by atoms with Gasteiger partial charge >= 0.3 is 0 Å². The first-order chi connectivity index (χ1) is 6.37. The molecule has 0 amide bonds. The minimum absolute atomic E-state index is 0.194. The van der Waals surface area contributed by atoms with Gasteiger partial charge in [-0.3, -0.25) is 0 Å². The molecule has 0 fully saturated rings. The molecule has 0 saturated heterocycles. The quantitative estimate of drug-likeness (QED) is 0.578. The van der Waals surface area contributed by atoms with Crippen molar-refractivity contribution in [2.45, 2.75) is 39.7 Å². The molecular formula is C11H25NO2. The summed E-state index contributed by atoms with van der Waals surface area (Å²) in [6.45, 7) is 9.57. The number of aliphatic hydroxyl groups excluding tert-OH is 1. The zero-order valence-corrected chi connectivity index (χ0v) is 9.88. The van der Waals surface area contributed by atoms with Gasteiger partial charge in [0.15, 0.2) is 0 Å². The summed E-state index contributed by atoms with van der Waals surface area (Å²) in [5, 5.41) is 21.9. The molecule has 0 aliphatic heterocycles. The fraction of sp³-hybridized carbons (Fsp3) is 1.00. The molecule has 0 rings (SSSR count). The minimum Gasteiger partial charge on any atom is -0.396 e. The lowest BCUT2D eigenvalue weighted by Crippen LogP contribution is -2.40. The molecule has 0 bridgehead atoms. The van der Waals surface area contributed by atoms with E-state index >= 15 is 0 Å². The number of rotatable bonds is 7. The van der Waals surface area contributed by atoms with Gasteiger partial charge < -0.3 is 15.5 Å². The molecule has 3 nitrogen and oxygen atoms in total. The first-order valence-corrected chi connectivity index (χ1v) is 5.41. The molecule has 0 aromatic carbocycles. The van der Waals surface area contributed by atoms with Gasteiger partial charge in [0.05, 0.1) is 5.60 Å². The molecule has 0 spiro atoms. The highest BCUT2D eigenvalue weighted by atomic mass is 16.3. The van der Waals surface area contributed by atoms with Gasteiger partial charge in [-0.15, -0.1) is 0 Å². The smallest absolute Gasteiger partial charge is 0.0746 e. The Hall–Kier alpha value is -0.120. The maximum Gasteiger partial charge on any atom is 0.0746 e. The van der Waals surface area contributed by atoms with Crippen LogP contribution in [0.2, 0.25) is 0 Å². The third-order valence-electron chi connectivity index (χ3n) is 2.16. The monoisotopic (exact) mass is 203 g/mol. The standard InChI is InChI=1S/C11H25NO2/c1-9(2)5-11(4,14)8-12-6-10(3)7-13/h9-10,12-14H,5-8H2,1-4H3. The predicted octanol–water partition coefficient (Wildman–Crippen LogP) is 1.00. The van der Waals surface area contributed by atoms with E-state index < -0.39 is 5.60 Å². The molecule has 0 aromatic heterocycles. The normalized spacial score (nSPS) is 18.2. The summed E-state index contributed by atoms with van der Waals surface area (Å²) in [6, 6.07) is 0. The second kappa shape index (κ2) is 6.38. The molecule has 0 radical (unpaired) electrons. The van der Waals surface area contributed by atoms with Crippen molar-refractivity contribution < 1.29 is 10.2 Å². The fourth-order valence-electron chi connectivity index (χ4n) is 1.60. The van der Waals surface area contributed by atoms with Crippen LogP contribution in [0.3, 0.4) is 0 Å². The molecule has 0 aromatic rings. The maximum atomic E-state index is 9.95. The van der Waals surface area contributed by atoms with Crippen molar-refractivity contribution >= 4 is 0 Å². The van der Waals surface area contributed by atoms with Gasteiger partial charge in [-0.25, -0.2) is 0 Å². The van der Waals surface area contributed by atoms with Crippen molar-refractivity contribution in [3.05, 3.63) is 0 Å². The van der Waals surface area contributed by atoms with E-state index in [-0.39, 0.29) is 12.5 Å². The molecular weight excluding hydrogens is 178 g/mol. The molecule has 2 unspecified atom stereocenters. The van der Waals surface area contributed by atoms with E-state index in [9.17, 15) is 5.11 Å². The van der Waals surface area contributed by atoms with Crippen LogP contribution >= 0.6 is 0 Å². The molecule has 14 heavy (non-hydrogen) atoms. The lowest BCUT2D eigenvalue weighted by molar-refractivity contribution is 0.0373. The summed E-state index contributed by atoms with van der Waals surface area (Å²) in [6.07, 6.45) is 0.799. The second-order valence-corrected chi connectivity index (χ2v) is 5.01. The summed E-state index contributed by atoms with van der Waals surface area (Å²) in [5.74, 6) is 0.756. The highest BCUT2D eigenvalue weighted by Crippen LogP contribution is 2.14. The highest BCUT2D eigenvalue weighted by molar-refractivity contribution is 4.77. The molecule has 3 N–H and O–H groups in total. The highest BCUT2D eigenvalue weighted by Gasteiger charge is 2.21. The summed E-state index contributed by atoms with van der Waals surface area (Å²) >= 11 is 0. The number of nitrogens with one attached hydrogen (secondary N) is 1. The van der Waals surface area contributed by atoms with E-state index in [0.717, 1.165) is 13.0 Å². The van der Waals surface area contributed by atoms with Crippen molar-refractivity contribution in [1.29, 1.82) is 0 Å². The molecule has 2 atom stereocenters. The first kappa shape index (κ1) is 13.9. The van der Waals surface area contributed by atoms with E-state index in [4.69, 9.17) is 5.11 Å². The molecule has 0 heterocycles. The van der Waals surface area contributed by atoms with Gasteiger partial charge in [0.2, 0.25) is 0 Å². The van der Waals surface area contributed by atoms with Crippen LogP contribution in [-0.4, -0.2) is 35.5 Å². The molecule has 86 valence electrons. The third kappa shape index (κ3) is 7.30. The van der Waals surface area contributed by atoms with Crippen LogP contribution in [0.25, 0.3) is 0 Å². The van der Waals surface area contributed by atoms with Crippen molar-refractivity contribution in [2.75, 3.05) is 19.7 Å². The number of aliphatic hydroxyl groups is 2. The molecule has 3 heteroatoms. The van der Waals surface area contributed by atoms with E-state index in [2.05, 4.69) is 19.2 Å². The topological polar surface area (TPSA) is 52.5 Å². The number of hydrogen-bond donors (Lipinski definition) is 3. The molecule has 0 aliphatic rings. The van der Waals surface area contributed by atoms with Gasteiger partial charge in [0, 0.05) is 13.2 Å². The summed E-state index contributed by atoms with van der Waals surface area (Å²) in [7, 11) is 0. The zero-order chi connectivity index (χ0) is 11.2. The van der Waals surface area contributed by atoms with Gasteiger partial charge in [-0.1, -0.05) is 20.8 Å². The van der Waals surface area contributed by atoms with Crippen LogP contribution in [0.4, 0.5) is 0 Å². The zero-order valence-electron chi connectivity index (χ0n) is 9.88. The lowest BCUT2D eigenvalue weighted by atomic mass is 9.94. The maximum absolute atomic E-state index is 9.95. The Balaban J connectivity index is 3.65. The Labute approximate surface area is 87.5 Å². The van der Waals surface area contributed by atoms with Crippen molar-refractivity contribution in [2.24, 2.45) is 11.8 Å². The molecule has 0 saturated carbocycles. The van der Waals surface area contributed by atoms with E-state index in [1.54, 1.807) is 0 Å². The Morgan fingerprint density at radius 1 is 1.29 bits per heavy atom. The average Bonchev–Trinajstić information content (AvgIpc) is 2.01. The van der Waals surface area contributed by atoms with Crippen molar-refractivity contribution in [1.82, 2.24) is 5.32 Å². The van der Waals surface area contributed by atoms with Crippen molar-refractivity contribution in [3.63, 3.8) is 0 Å². The van der Waals surface area contributed by atoms with Crippen LogP contribution < -0.4 is 5.32 Å². The average molecular weight is 203 g/mol. The van der Waals surface area contributed by atoms with Gasteiger partial charge in [-0.05, 0) is 31.7 Å². The van der Waals surface area contributed by atoms with E-state index in [1.807, 2.05) is 13.8 Å². The van der Waals surface area contributed by atoms with Crippen molar-refractivity contribution in [3.8, 4) is 0 Å². The SMILES string of the molecule is CC(C)CC(C)(O)CNCC(C)CO. The predicted molar refractivity (Wildman–Crippen MR) is 59.2 cm³/mol. The van der Waals surface area contributed by atoms with Crippen LogP contribution in [-0.2, 0) is 0 Å². The summed E-state index contributed by atoms with van der Waals surface area (Å²) in [5.41, 5.74) is -0.636. The Bertz CT molecular complexity index is 146. The Kier molecular flexibility index (Phi) is 6.33. The third-order valence-corrected chi connectivity index (χ3v) is 2.16. The van der Waals surface area contributed by atoms with Gasteiger partial charge in [-0.2, -0.15) is 0 Å². The van der Waals surface area contributed by atoms with Crippen LogP contribution in [0.1, 0.15) is 34.1 Å². The van der Waals surface area contributed by atoms with Gasteiger partial charge in [0.25, 0.3) is 0 Å². The fourth-order valence-corrected chi connectivity index (χ4v) is 1.60. The van der Waals surface area contributed by atoms with Crippen LogP contribution in [0, 0.1) is 11.8 Å². The summed E-state index contributed by atoms with van der Waals surface area (Å²) < 4.78 is 0. The van der Waals surface area contributed by atoms with Crippen LogP contribution in [0.15, 0.2) is 0 Å². The Morgan fingerprint density at radius 2 is 1.86 bits per heavy atom. The van der Waals surface area contributed by atoms with Gasteiger partial charge in [0.1, 0.15) is 0 Å². The first-order valence-electron chi connectivity index (χ1n) is 5.41. The van der Waals surface area contributed by atoms with E-state index in [1.165, 1.54) is 0 Å². The number of hydrogen-bond acceptors (Lipinski definition) is 3.